The number of ether oxygens (including phenoxy) is 1. The van der Waals surface area contributed by atoms with Crippen LogP contribution in [0.3, 0.4) is 0 Å². The van der Waals surface area contributed by atoms with Crippen LogP contribution in [0, 0.1) is 0 Å². The molecular formula is C12H24N2O. The van der Waals surface area contributed by atoms with Crippen LogP contribution in [0.5, 0.6) is 0 Å². The molecule has 88 valence electrons. The Morgan fingerprint density at radius 2 is 1.87 bits per heavy atom. The predicted octanol–water partition coefficient (Wildman–Crippen LogP) is 1.24. The molecule has 2 heterocycles. The molecule has 0 radical (unpaired) electrons. The molecule has 2 aliphatic heterocycles. The van der Waals surface area contributed by atoms with Crippen LogP contribution in [0.1, 0.15) is 32.6 Å². The van der Waals surface area contributed by atoms with E-state index in [1.54, 1.807) is 0 Å². The predicted molar refractivity (Wildman–Crippen MR) is 62.1 cm³/mol. The first-order chi connectivity index (χ1) is 7.29. The SMILES string of the molecule is CC1(OCCN2CCCC2)CCNCC1. The summed E-state index contributed by atoms with van der Waals surface area (Å²) in [6.07, 6.45) is 5.07. The second kappa shape index (κ2) is 5.28. The minimum Gasteiger partial charge on any atom is -0.374 e. The highest BCUT2D eigenvalue weighted by molar-refractivity contribution is 4.81. The zero-order valence-electron chi connectivity index (χ0n) is 9.93. The Balaban J connectivity index is 1.63. The van der Waals surface area contributed by atoms with E-state index < -0.39 is 0 Å². The lowest BCUT2D eigenvalue weighted by molar-refractivity contribution is -0.0566. The van der Waals surface area contributed by atoms with Gasteiger partial charge in [0, 0.05) is 6.54 Å². The van der Waals surface area contributed by atoms with Crippen molar-refractivity contribution >= 4 is 0 Å². The number of nitrogens with zero attached hydrogens (tertiary/aromatic N) is 1. The van der Waals surface area contributed by atoms with E-state index >= 15 is 0 Å². The van der Waals surface area contributed by atoms with E-state index in [0.29, 0.717) is 0 Å². The molecule has 0 amide bonds. The molecule has 0 unspecified atom stereocenters. The van der Waals surface area contributed by atoms with E-state index in [1.165, 1.54) is 25.9 Å². The number of rotatable bonds is 4. The fourth-order valence-corrected chi connectivity index (χ4v) is 2.53. The van der Waals surface area contributed by atoms with Gasteiger partial charge in [-0.1, -0.05) is 0 Å². The fraction of sp³-hybridized carbons (Fsp3) is 1.00. The fourth-order valence-electron chi connectivity index (χ4n) is 2.53. The third-order valence-corrected chi connectivity index (χ3v) is 3.72. The molecule has 3 heteroatoms. The molecule has 15 heavy (non-hydrogen) atoms. The summed E-state index contributed by atoms with van der Waals surface area (Å²) in [7, 11) is 0. The number of likely N-dealkylation sites (tertiary alicyclic amines) is 1. The minimum absolute atomic E-state index is 0.144. The number of hydrogen-bond donors (Lipinski definition) is 1. The van der Waals surface area contributed by atoms with E-state index in [-0.39, 0.29) is 5.60 Å². The molecule has 0 bridgehead atoms. The molecule has 2 fully saturated rings. The minimum atomic E-state index is 0.144. The van der Waals surface area contributed by atoms with Crippen LogP contribution in [0.25, 0.3) is 0 Å². The number of nitrogens with one attached hydrogen (secondary N) is 1. The van der Waals surface area contributed by atoms with Gasteiger partial charge in [0.15, 0.2) is 0 Å². The van der Waals surface area contributed by atoms with Crippen molar-refractivity contribution in [3.05, 3.63) is 0 Å². The molecule has 0 aromatic heterocycles. The Bertz CT molecular complexity index is 184. The molecule has 1 N–H and O–H groups in total. The zero-order chi connectivity index (χ0) is 10.6. The maximum Gasteiger partial charge on any atom is 0.0679 e. The van der Waals surface area contributed by atoms with Crippen molar-refractivity contribution in [2.45, 2.75) is 38.2 Å². The van der Waals surface area contributed by atoms with Crippen molar-refractivity contribution in [1.29, 1.82) is 0 Å². The topological polar surface area (TPSA) is 24.5 Å². The van der Waals surface area contributed by atoms with Crippen LogP contribution in [-0.2, 0) is 4.74 Å². The monoisotopic (exact) mass is 212 g/mol. The summed E-state index contributed by atoms with van der Waals surface area (Å²) >= 11 is 0. The van der Waals surface area contributed by atoms with Crippen LogP contribution >= 0.6 is 0 Å². The quantitative estimate of drug-likeness (QED) is 0.759. The molecule has 0 atom stereocenters. The van der Waals surface area contributed by atoms with Gasteiger partial charge in [-0.15, -0.1) is 0 Å². The molecule has 2 aliphatic rings. The largest absolute Gasteiger partial charge is 0.374 e. The molecule has 0 aliphatic carbocycles. The molecule has 0 saturated carbocycles. The van der Waals surface area contributed by atoms with Crippen LogP contribution < -0.4 is 5.32 Å². The van der Waals surface area contributed by atoms with Gasteiger partial charge in [-0.3, -0.25) is 0 Å². The van der Waals surface area contributed by atoms with Crippen molar-refractivity contribution in [3.63, 3.8) is 0 Å². The molecule has 2 saturated heterocycles. The van der Waals surface area contributed by atoms with Crippen molar-refractivity contribution < 1.29 is 4.74 Å². The normalized spacial score (nSPS) is 27.0. The van der Waals surface area contributed by atoms with E-state index in [1.807, 2.05) is 0 Å². The third-order valence-electron chi connectivity index (χ3n) is 3.72. The maximum atomic E-state index is 6.05. The first-order valence-corrected chi connectivity index (χ1v) is 6.36. The van der Waals surface area contributed by atoms with E-state index in [0.717, 1.165) is 39.1 Å². The van der Waals surface area contributed by atoms with Gasteiger partial charge < -0.3 is 15.0 Å². The van der Waals surface area contributed by atoms with Crippen molar-refractivity contribution in [2.24, 2.45) is 0 Å². The maximum absolute atomic E-state index is 6.05. The standard InChI is InChI=1S/C12H24N2O/c1-12(4-6-13-7-5-12)15-11-10-14-8-2-3-9-14/h13H,2-11H2,1H3. The first kappa shape index (κ1) is 11.4. The Morgan fingerprint density at radius 3 is 2.53 bits per heavy atom. The number of piperidine rings is 1. The Morgan fingerprint density at radius 1 is 1.20 bits per heavy atom. The first-order valence-electron chi connectivity index (χ1n) is 6.36. The van der Waals surface area contributed by atoms with E-state index in [9.17, 15) is 0 Å². The van der Waals surface area contributed by atoms with Gasteiger partial charge in [0.05, 0.1) is 12.2 Å². The second-order valence-corrected chi connectivity index (χ2v) is 5.10. The highest BCUT2D eigenvalue weighted by Crippen LogP contribution is 2.22. The van der Waals surface area contributed by atoms with Gasteiger partial charge in [-0.25, -0.2) is 0 Å². The summed E-state index contributed by atoms with van der Waals surface area (Å²) in [4.78, 5) is 2.52. The number of hydrogen-bond acceptors (Lipinski definition) is 3. The molecule has 0 spiro atoms. The van der Waals surface area contributed by atoms with Gasteiger partial charge in [0.1, 0.15) is 0 Å². The third kappa shape index (κ3) is 3.44. The molecule has 0 aromatic rings. The highest BCUT2D eigenvalue weighted by atomic mass is 16.5. The Kier molecular flexibility index (Phi) is 4.00. The average molecular weight is 212 g/mol. The van der Waals surface area contributed by atoms with Gasteiger partial charge in [-0.05, 0) is 58.8 Å². The molecular weight excluding hydrogens is 188 g/mol. The van der Waals surface area contributed by atoms with Gasteiger partial charge in [0.25, 0.3) is 0 Å². The molecule has 0 aromatic carbocycles. The van der Waals surface area contributed by atoms with Crippen LogP contribution in [-0.4, -0.2) is 49.8 Å². The van der Waals surface area contributed by atoms with Crippen LogP contribution in [0.4, 0.5) is 0 Å². The summed E-state index contributed by atoms with van der Waals surface area (Å²) in [6, 6.07) is 0. The summed E-state index contributed by atoms with van der Waals surface area (Å²) in [5.41, 5.74) is 0.144. The summed E-state index contributed by atoms with van der Waals surface area (Å²) in [6.45, 7) is 9.08. The lowest BCUT2D eigenvalue weighted by atomic mass is 9.95. The molecule has 3 nitrogen and oxygen atoms in total. The lowest BCUT2D eigenvalue weighted by Crippen LogP contribution is -2.42. The van der Waals surface area contributed by atoms with Crippen LogP contribution in [0.2, 0.25) is 0 Å². The smallest absolute Gasteiger partial charge is 0.0679 e. The Hall–Kier alpha value is -0.120. The van der Waals surface area contributed by atoms with Crippen molar-refractivity contribution in [3.8, 4) is 0 Å². The van der Waals surface area contributed by atoms with Crippen molar-refractivity contribution in [2.75, 3.05) is 39.3 Å². The highest BCUT2D eigenvalue weighted by Gasteiger charge is 2.27. The average Bonchev–Trinajstić information content (AvgIpc) is 2.71. The van der Waals surface area contributed by atoms with Gasteiger partial charge >= 0.3 is 0 Å². The summed E-state index contributed by atoms with van der Waals surface area (Å²) in [5.74, 6) is 0. The van der Waals surface area contributed by atoms with Crippen LogP contribution in [0.15, 0.2) is 0 Å². The summed E-state index contributed by atoms with van der Waals surface area (Å²) in [5, 5.41) is 3.38. The van der Waals surface area contributed by atoms with E-state index in [2.05, 4.69) is 17.1 Å². The zero-order valence-corrected chi connectivity index (χ0v) is 9.93. The van der Waals surface area contributed by atoms with Crippen molar-refractivity contribution in [1.82, 2.24) is 10.2 Å². The van der Waals surface area contributed by atoms with Gasteiger partial charge in [-0.2, -0.15) is 0 Å². The molecule has 2 rings (SSSR count). The summed E-state index contributed by atoms with van der Waals surface area (Å²) < 4.78 is 6.05. The Labute approximate surface area is 93.2 Å². The van der Waals surface area contributed by atoms with E-state index in [4.69, 9.17) is 4.74 Å². The second-order valence-electron chi connectivity index (χ2n) is 5.10. The van der Waals surface area contributed by atoms with Gasteiger partial charge in [0.2, 0.25) is 0 Å². The lowest BCUT2D eigenvalue weighted by Gasteiger charge is -2.34.